The lowest BCUT2D eigenvalue weighted by molar-refractivity contribution is -0.136. The van der Waals surface area contributed by atoms with Gasteiger partial charge in [0.05, 0.1) is 24.5 Å². The quantitative estimate of drug-likeness (QED) is 0.733. The predicted molar refractivity (Wildman–Crippen MR) is 109 cm³/mol. The number of morpholine rings is 1. The summed E-state index contributed by atoms with van der Waals surface area (Å²) in [6, 6.07) is 0.590. The van der Waals surface area contributed by atoms with E-state index in [1.54, 1.807) is 10.9 Å². The minimum Gasteiger partial charge on any atom is -0.378 e. The smallest absolute Gasteiger partial charge is 0.254 e. The number of aromatic nitrogens is 2. The van der Waals surface area contributed by atoms with Crippen LogP contribution in [0.3, 0.4) is 0 Å². The fourth-order valence-electron chi connectivity index (χ4n) is 4.62. The number of aryl methyl sites for hydroxylation is 2. The Bertz CT molecular complexity index is 739. The number of hydrogen-bond donors (Lipinski definition) is 1. The molecular weight excluding hydrogens is 370 g/mol. The molecule has 2 saturated heterocycles. The summed E-state index contributed by atoms with van der Waals surface area (Å²) in [6.45, 7) is 6.23. The van der Waals surface area contributed by atoms with Crippen LogP contribution in [0.2, 0.25) is 0 Å². The Labute approximate surface area is 172 Å². The van der Waals surface area contributed by atoms with Crippen LogP contribution in [0, 0.1) is 12.8 Å². The lowest BCUT2D eigenvalue weighted by Crippen LogP contribution is -2.47. The Morgan fingerprint density at radius 3 is 2.55 bits per heavy atom. The Hall–Kier alpha value is -1.93. The molecule has 0 unspecified atom stereocenters. The average Bonchev–Trinajstić information content (AvgIpc) is 3.37. The minimum atomic E-state index is -0.0604. The molecule has 3 fully saturated rings. The number of carbonyl (C=O) groups excluding carboxylic acids is 2. The molecule has 1 aliphatic carbocycles. The Balaban J connectivity index is 1.34. The van der Waals surface area contributed by atoms with Gasteiger partial charge in [-0.15, -0.1) is 0 Å². The third kappa shape index (κ3) is 4.98. The SMILES string of the molecule is Cc1nn(C)cc1C(=O)NC[C@@H]1CC[C@H](CC(=O)N2CCOCC2)N1CC1CC1. The summed E-state index contributed by atoms with van der Waals surface area (Å²) in [5, 5.41) is 7.37. The van der Waals surface area contributed by atoms with E-state index in [2.05, 4.69) is 15.3 Å². The summed E-state index contributed by atoms with van der Waals surface area (Å²) in [7, 11) is 1.83. The van der Waals surface area contributed by atoms with Gasteiger partial charge in [0.25, 0.3) is 5.91 Å². The Morgan fingerprint density at radius 2 is 1.90 bits per heavy atom. The Kier molecular flexibility index (Phi) is 6.20. The molecule has 1 saturated carbocycles. The molecule has 2 atom stereocenters. The number of nitrogens with one attached hydrogen (secondary N) is 1. The molecule has 3 heterocycles. The second-order valence-corrected chi connectivity index (χ2v) is 8.73. The van der Waals surface area contributed by atoms with Crippen LogP contribution < -0.4 is 5.32 Å². The van der Waals surface area contributed by atoms with Gasteiger partial charge in [0.1, 0.15) is 0 Å². The highest BCUT2D eigenvalue weighted by Crippen LogP contribution is 2.35. The van der Waals surface area contributed by atoms with Crippen LogP contribution >= 0.6 is 0 Å². The highest BCUT2D eigenvalue weighted by Gasteiger charge is 2.38. The van der Waals surface area contributed by atoms with Crippen molar-refractivity contribution in [3.8, 4) is 0 Å². The van der Waals surface area contributed by atoms with Crippen molar-refractivity contribution in [1.29, 1.82) is 0 Å². The van der Waals surface area contributed by atoms with E-state index in [9.17, 15) is 9.59 Å². The van der Waals surface area contributed by atoms with E-state index in [4.69, 9.17) is 4.74 Å². The molecule has 3 aliphatic rings. The number of carbonyl (C=O) groups is 2. The molecular formula is C21H33N5O3. The molecule has 1 aromatic heterocycles. The second-order valence-electron chi connectivity index (χ2n) is 8.73. The second kappa shape index (κ2) is 8.83. The molecule has 0 aromatic carbocycles. The third-order valence-electron chi connectivity index (χ3n) is 6.47. The van der Waals surface area contributed by atoms with Crippen LogP contribution in [0.25, 0.3) is 0 Å². The molecule has 29 heavy (non-hydrogen) atoms. The molecule has 2 amide bonds. The molecule has 1 N–H and O–H groups in total. The lowest BCUT2D eigenvalue weighted by atomic mass is 10.1. The monoisotopic (exact) mass is 403 g/mol. The molecule has 0 bridgehead atoms. The minimum absolute atomic E-state index is 0.0604. The van der Waals surface area contributed by atoms with Gasteiger partial charge in [-0.25, -0.2) is 0 Å². The third-order valence-corrected chi connectivity index (χ3v) is 6.47. The van der Waals surface area contributed by atoms with Gasteiger partial charge in [-0.2, -0.15) is 5.10 Å². The van der Waals surface area contributed by atoms with E-state index in [-0.39, 0.29) is 17.9 Å². The van der Waals surface area contributed by atoms with Gasteiger partial charge in [-0.3, -0.25) is 19.2 Å². The summed E-state index contributed by atoms with van der Waals surface area (Å²) >= 11 is 0. The van der Waals surface area contributed by atoms with E-state index >= 15 is 0 Å². The highest BCUT2D eigenvalue weighted by molar-refractivity contribution is 5.95. The zero-order valence-electron chi connectivity index (χ0n) is 17.6. The van der Waals surface area contributed by atoms with Crippen molar-refractivity contribution in [2.24, 2.45) is 13.0 Å². The maximum absolute atomic E-state index is 12.8. The van der Waals surface area contributed by atoms with Crippen molar-refractivity contribution in [2.75, 3.05) is 39.4 Å². The van der Waals surface area contributed by atoms with Crippen LogP contribution in [0.15, 0.2) is 6.20 Å². The van der Waals surface area contributed by atoms with Gasteiger partial charge in [0.15, 0.2) is 0 Å². The van der Waals surface area contributed by atoms with Crippen molar-refractivity contribution in [2.45, 2.75) is 51.1 Å². The number of likely N-dealkylation sites (tertiary alicyclic amines) is 1. The molecule has 8 nitrogen and oxygen atoms in total. The maximum atomic E-state index is 12.8. The zero-order valence-corrected chi connectivity index (χ0v) is 17.6. The van der Waals surface area contributed by atoms with Gasteiger partial charge in [0, 0.05) is 57.9 Å². The van der Waals surface area contributed by atoms with Crippen LogP contribution in [0.1, 0.15) is 48.2 Å². The van der Waals surface area contributed by atoms with Gasteiger partial charge < -0.3 is 15.0 Å². The van der Waals surface area contributed by atoms with Crippen LogP contribution in [-0.2, 0) is 16.6 Å². The largest absolute Gasteiger partial charge is 0.378 e. The Morgan fingerprint density at radius 1 is 1.17 bits per heavy atom. The number of amides is 2. The van der Waals surface area contributed by atoms with E-state index in [1.807, 2.05) is 18.9 Å². The molecule has 4 rings (SSSR count). The first kappa shape index (κ1) is 20.3. The molecule has 160 valence electrons. The van der Waals surface area contributed by atoms with Crippen molar-refractivity contribution in [1.82, 2.24) is 24.9 Å². The van der Waals surface area contributed by atoms with Gasteiger partial charge >= 0.3 is 0 Å². The van der Waals surface area contributed by atoms with Crippen LogP contribution in [-0.4, -0.2) is 82.9 Å². The van der Waals surface area contributed by atoms with Crippen LogP contribution in [0.5, 0.6) is 0 Å². The summed E-state index contributed by atoms with van der Waals surface area (Å²) in [6.07, 6.45) is 6.97. The summed E-state index contributed by atoms with van der Waals surface area (Å²) in [5.74, 6) is 0.942. The summed E-state index contributed by atoms with van der Waals surface area (Å²) in [4.78, 5) is 29.8. The molecule has 0 radical (unpaired) electrons. The number of rotatable bonds is 7. The maximum Gasteiger partial charge on any atom is 0.254 e. The predicted octanol–water partition coefficient (Wildman–Crippen LogP) is 0.950. The van der Waals surface area contributed by atoms with E-state index in [0.29, 0.717) is 50.9 Å². The first-order valence-electron chi connectivity index (χ1n) is 10.9. The molecule has 8 heteroatoms. The molecule has 0 spiro atoms. The zero-order chi connectivity index (χ0) is 20.4. The lowest BCUT2D eigenvalue weighted by Gasteiger charge is -2.33. The average molecular weight is 404 g/mol. The first-order chi connectivity index (χ1) is 14.0. The standard InChI is InChI=1S/C21H33N5O3/c1-15-19(14-24(2)23-15)21(28)22-12-18-6-5-17(26(18)13-16-3-4-16)11-20(27)25-7-9-29-10-8-25/h14,16-18H,3-13H2,1-2H3,(H,22,28)/t17-,18+/m1/s1. The fourth-order valence-corrected chi connectivity index (χ4v) is 4.62. The van der Waals surface area contributed by atoms with E-state index in [1.165, 1.54) is 12.8 Å². The number of ether oxygens (including phenoxy) is 1. The molecule has 2 aliphatic heterocycles. The van der Waals surface area contributed by atoms with E-state index < -0.39 is 0 Å². The van der Waals surface area contributed by atoms with Gasteiger partial charge in [-0.05, 0) is 38.5 Å². The van der Waals surface area contributed by atoms with Gasteiger partial charge in [0.2, 0.25) is 5.91 Å². The number of hydrogen-bond acceptors (Lipinski definition) is 5. The van der Waals surface area contributed by atoms with Gasteiger partial charge in [-0.1, -0.05) is 0 Å². The van der Waals surface area contributed by atoms with Crippen molar-refractivity contribution in [3.63, 3.8) is 0 Å². The van der Waals surface area contributed by atoms with Crippen molar-refractivity contribution < 1.29 is 14.3 Å². The summed E-state index contributed by atoms with van der Waals surface area (Å²) < 4.78 is 7.04. The van der Waals surface area contributed by atoms with Crippen molar-refractivity contribution >= 4 is 11.8 Å². The van der Waals surface area contributed by atoms with Crippen LogP contribution in [0.4, 0.5) is 0 Å². The molecule has 1 aromatic rings. The topological polar surface area (TPSA) is 79.7 Å². The fraction of sp³-hybridized carbons (Fsp3) is 0.762. The first-order valence-corrected chi connectivity index (χ1v) is 10.9. The summed E-state index contributed by atoms with van der Waals surface area (Å²) in [5.41, 5.74) is 1.39. The normalized spacial score (nSPS) is 25.4. The van der Waals surface area contributed by atoms with Crippen molar-refractivity contribution in [3.05, 3.63) is 17.5 Å². The van der Waals surface area contributed by atoms with E-state index in [0.717, 1.165) is 31.0 Å². The highest BCUT2D eigenvalue weighted by atomic mass is 16.5. The number of nitrogens with zero attached hydrogens (tertiary/aromatic N) is 4.